The number of halogens is 4. The topological polar surface area (TPSA) is 53.3 Å². The zero-order valence-corrected chi connectivity index (χ0v) is 20.5. The summed E-state index contributed by atoms with van der Waals surface area (Å²) in [7, 11) is 0. The van der Waals surface area contributed by atoms with Gasteiger partial charge in [0.25, 0.3) is 0 Å². The van der Waals surface area contributed by atoms with Crippen LogP contribution in [0.5, 0.6) is 0 Å². The summed E-state index contributed by atoms with van der Waals surface area (Å²) >= 11 is 6.28. The van der Waals surface area contributed by atoms with Gasteiger partial charge in [-0.2, -0.15) is 13.2 Å². The van der Waals surface area contributed by atoms with Crippen molar-refractivity contribution in [2.45, 2.75) is 44.6 Å². The van der Waals surface area contributed by atoms with Gasteiger partial charge in [0.2, 0.25) is 5.95 Å². The smallest absolute Gasteiger partial charge is 0.355 e. The van der Waals surface area contributed by atoms with Crippen LogP contribution in [-0.2, 0) is 13.1 Å². The fourth-order valence-corrected chi connectivity index (χ4v) is 6.32. The molecule has 1 saturated carbocycles. The SMILES string of the molecule is Cc1cccc(N2CC3(C2)CN(c2nnc4n2-c2ccc(Cl)cc2CN(C2(C(F)(F)F)CC2)C4)C3)n1. The summed E-state index contributed by atoms with van der Waals surface area (Å²) in [4.78, 5) is 10.6. The number of hydrogen-bond donors (Lipinski definition) is 0. The van der Waals surface area contributed by atoms with Crippen molar-refractivity contribution in [3.63, 3.8) is 0 Å². The maximum absolute atomic E-state index is 14.0. The number of benzene rings is 1. The highest BCUT2D eigenvalue weighted by molar-refractivity contribution is 6.30. The molecule has 7 nitrogen and oxygen atoms in total. The van der Waals surface area contributed by atoms with Crippen molar-refractivity contribution in [1.29, 1.82) is 0 Å². The summed E-state index contributed by atoms with van der Waals surface area (Å²) < 4.78 is 44.0. The summed E-state index contributed by atoms with van der Waals surface area (Å²) in [6, 6.07) is 11.5. The van der Waals surface area contributed by atoms with Gasteiger partial charge in [-0.15, -0.1) is 10.2 Å². The molecule has 1 aliphatic carbocycles. The van der Waals surface area contributed by atoms with Crippen molar-refractivity contribution >= 4 is 23.4 Å². The van der Waals surface area contributed by atoms with E-state index < -0.39 is 11.7 Å². The molecule has 0 atom stereocenters. The molecule has 0 amide bonds. The molecule has 2 aromatic heterocycles. The van der Waals surface area contributed by atoms with E-state index in [0.29, 0.717) is 16.8 Å². The Labute approximate surface area is 211 Å². The summed E-state index contributed by atoms with van der Waals surface area (Å²) in [6.45, 7) is 5.75. The maximum atomic E-state index is 14.0. The number of alkyl halides is 3. The zero-order chi connectivity index (χ0) is 24.9. The lowest BCUT2D eigenvalue weighted by Crippen LogP contribution is -2.73. The Balaban J connectivity index is 1.17. The van der Waals surface area contributed by atoms with Crippen molar-refractivity contribution in [3.8, 4) is 5.69 Å². The minimum Gasteiger partial charge on any atom is -0.355 e. The molecule has 4 aliphatic rings. The van der Waals surface area contributed by atoms with Crippen LogP contribution in [-0.4, -0.2) is 62.5 Å². The van der Waals surface area contributed by atoms with Crippen LogP contribution in [0, 0.1) is 12.3 Å². The van der Waals surface area contributed by atoms with Gasteiger partial charge in [0.15, 0.2) is 5.82 Å². The number of rotatable bonds is 3. The van der Waals surface area contributed by atoms with Crippen molar-refractivity contribution in [2.24, 2.45) is 5.41 Å². The molecule has 1 spiro atoms. The van der Waals surface area contributed by atoms with Gasteiger partial charge >= 0.3 is 6.18 Å². The Morgan fingerprint density at radius 2 is 1.69 bits per heavy atom. The van der Waals surface area contributed by atoms with E-state index in [1.165, 1.54) is 4.90 Å². The quantitative estimate of drug-likeness (QED) is 0.516. The molecule has 7 rings (SSSR count). The number of anilines is 2. The molecular formula is C25H25ClF3N7. The molecule has 0 unspecified atom stereocenters. The Morgan fingerprint density at radius 1 is 0.944 bits per heavy atom. The third-order valence-corrected chi connectivity index (χ3v) is 8.37. The lowest BCUT2D eigenvalue weighted by molar-refractivity contribution is -0.200. The minimum atomic E-state index is -4.30. The molecule has 0 N–H and O–H groups in total. The molecular weight excluding hydrogens is 491 g/mol. The van der Waals surface area contributed by atoms with Crippen molar-refractivity contribution in [1.82, 2.24) is 24.6 Å². The Bertz CT molecular complexity index is 1350. The van der Waals surface area contributed by atoms with Gasteiger partial charge in [0.05, 0.1) is 12.2 Å². The van der Waals surface area contributed by atoms with E-state index in [2.05, 4.69) is 25.0 Å². The maximum Gasteiger partial charge on any atom is 0.406 e. The monoisotopic (exact) mass is 515 g/mol. The second-order valence-corrected chi connectivity index (χ2v) is 11.2. The third-order valence-electron chi connectivity index (χ3n) is 8.13. The number of nitrogens with zero attached hydrogens (tertiary/aromatic N) is 7. The Kier molecular flexibility index (Phi) is 4.56. The van der Waals surface area contributed by atoms with Crippen LogP contribution in [0.4, 0.5) is 24.9 Å². The molecule has 188 valence electrons. The highest BCUT2D eigenvalue weighted by atomic mass is 35.5. The van der Waals surface area contributed by atoms with Crippen LogP contribution in [0.25, 0.3) is 5.69 Å². The lowest BCUT2D eigenvalue weighted by Gasteiger charge is -2.60. The fourth-order valence-electron chi connectivity index (χ4n) is 6.13. The number of fused-ring (bicyclic) bond motifs is 3. The molecule has 11 heteroatoms. The molecule has 1 aromatic carbocycles. The Hall–Kier alpha value is -2.85. The van der Waals surface area contributed by atoms with Gasteiger partial charge in [-0.25, -0.2) is 4.98 Å². The molecule has 2 saturated heterocycles. The summed E-state index contributed by atoms with van der Waals surface area (Å²) in [6.07, 6.45) is -4.08. The van der Waals surface area contributed by atoms with Crippen LogP contribution in [0.15, 0.2) is 36.4 Å². The molecule has 36 heavy (non-hydrogen) atoms. The van der Waals surface area contributed by atoms with E-state index in [4.69, 9.17) is 11.6 Å². The van der Waals surface area contributed by atoms with Gasteiger partial charge < -0.3 is 9.80 Å². The minimum absolute atomic E-state index is 0.0879. The first-order valence-corrected chi connectivity index (χ1v) is 12.5. The largest absolute Gasteiger partial charge is 0.406 e. The molecule has 0 bridgehead atoms. The summed E-state index contributed by atoms with van der Waals surface area (Å²) in [5.74, 6) is 2.21. The normalized spacial score (nSPS) is 21.9. The van der Waals surface area contributed by atoms with Crippen LogP contribution in [0.3, 0.4) is 0 Å². The van der Waals surface area contributed by atoms with Gasteiger partial charge in [-0.1, -0.05) is 17.7 Å². The van der Waals surface area contributed by atoms with Crippen LogP contribution in [0.1, 0.15) is 29.9 Å². The van der Waals surface area contributed by atoms with Gasteiger partial charge in [0, 0.05) is 48.9 Å². The second-order valence-electron chi connectivity index (χ2n) is 10.8. The van der Waals surface area contributed by atoms with Crippen molar-refractivity contribution < 1.29 is 13.2 Å². The van der Waals surface area contributed by atoms with E-state index in [1.54, 1.807) is 12.1 Å². The predicted molar refractivity (Wildman–Crippen MR) is 129 cm³/mol. The van der Waals surface area contributed by atoms with Gasteiger partial charge in [-0.3, -0.25) is 9.47 Å². The van der Waals surface area contributed by atoms with Crippen LogP contribution in [0.2, 0.25) is 5.02 Å². The fraction of sp³-hybridized carbons (Fsp3) is 0.480. The van der Waals surface area contributed by atoms with Crippen molar-refractivity contribution in [3.05, 3.63) is 58.5 Å². The average Bonchev–Trinajstić information content (AvgIpc) is 3.51. The molecule has 5 heterocycles. The standard InChI is InChI=1S/C25H25ClF3N7/c1-16-3-2-4-20(30-16)33-12-23(13-33)14-34(15-23)22-32-31-21-11-35(24(7-8-24)25(27,28)29)10-17-9-18(26)5-6-19(17)36(21)22/h2-6,9H,7-8,10-15H2,1H3. The van der Waals surface area contributed by atoms with Crippen molar-refractivity contribution in [2.75, 3.05) is 36.0 Å². The first-order chi connectivity index (χ1) is 17.2. The molecule has 0 radical (unpaired) electrons. The number of aryl methyl sites for hydroxylation is 1. The number of hydrogen-bond acceptors (Lipinski definition) is 6. The van der Waals surface area contributed by atoms with Crippen LogP contribution >= 0.6 is 11.6 Å². The first kappa shape index (κ1) is 22.4. The van der Waals surface area contributed by atoms with E-state index in [1.807, 2.05) is 35.8 Å². The lowest BCUT2D eigenvalue weighted by atomic mass is 9.73. The summed E-state index contributed by atoms with van der Waals surface area (Å²) in [5.41, 5.74) is 0.934. The first-order valence-electron chi connectivity index (χ1n) is 12.1. The number of aromatic nitrogens is 4. The Morgan fingerprint density at radius 3 is 2.39 bits per heavy atom. The van der Waals surface area contributed by atoms with E-state index in [-0.39, 0.29) is 31.3 Å². The van der Waals surface area contributed by atoms with Crippen LogP contribution < -0.4 is 9.80 Å². The van der Waals surface area contributed by atoms with Gasteiger partial charge in [-0.05, 0) is 55.7 Å². The second kappa shape index (κ2) is 7.35. The molecule has 3 aliphatic heterocycles. The van der Waals surface area contributed by atoms with E-state index in [9.17, 15) is 13.2 Å². The predicted octanol–water partition coefficient (Wildman–Crippen LogP) is 4.36. The van der Waals surface area contributed by atoms with E-state index in [0.717, 1.165) is 48.9 Å². The summed E-state index contributed by atoms with van der Waals surface area (Å²) in [5, 5.41) is 9.36. The number of pyridine rings is 1. The molecule has 3 aromatic rings. The third kappa shape index (κ3) is 3.26. The van der Waals surface area contributed by atoms with Gasteiger partial charge in [0.1, 0.15) is 11.4 Å². The molecule has 3 fully saturated rings. The highest BCUT2D eigenvalue weighted by Gasteiger charge is 2.67. The van der Waals surface area contributed by atoms with E-state index >= 15 is 0 Å². The average molecular weight is 516 g/mol. The highest BCUT2D eigenvalue weighted by Crippen LogP contribution is 2.55. The zero-order valence-electron chi connectivity index (χ0n) is 19.8.